The normalized spacial score (nSPS) is 14.1. The first-order valence-corrected chi connectivity index (χ1v) is 34.7. The minimum atomic E-state index is -4.70. The van der Waals surface area contributed by atoms with Gasteiger partial charge in [-0.05, 0) is 76.7 Å². The Morgan fingerprint density at radius 1 is 0.456 bits per heavy atom. The third-order valence-corrected chi connectivity index (χ3v) is 15.6. The Balaban J connectivity index is 5.15. The van der Waals surface area contributed by atoms with E-state index in [4.69, 9.17) is 13.8 Å². The molecule has 0 heterocycles. The van der Waals surface area contributed by atoms with Crippen LogP contribution in [0.4, 0.5) is 0 Å². The summed E-state index contributed by atoms with van der Waals surface area (Å²) in [7, 11) is 1.18. The van der Waals surface area contributed by atoms with E-state index in [1.807, 2.05) is 33.3 Å². The molecule has 10 heteroatoms. The molecule has 0 saturated carbocycles. The number of carbonyl (C=O) groups is 2. The van der Waals surface area contributed by atoms with Gasteiger partial charge in [0, 0.05) is 12.8 Å². The van der Waals surface area contributed by atoms with Crippen LogP contribution >= 0.6 is 7.82 Å². The van der Waals surface area contributed by atoms with E-state index in [1.54, 1.807) is 0 Å². The fourth-order valence-electron chi connectivity index (χ4n) is 9.55. The number of quaternary nitrogens is 1. The van der Waals surface area contributed by atoms with Gasteiger partial charge in [-0.25, -0.2) is 0 Å². The third-order valence-electron chi connectivity index (χ3n) is 14.7. The molecule has 0 bridgehead atoms. The number of esters is 1. The first-order chi connectivity index (χ1) is 38.4. The number of hydrogen-bond acceptors (Lipinski definition) is 7. The molecule has 0 aliphatic heterocycles. The first kappa shape index (κ1) is 76.5. The number of allylic oxidation sites excluding steroid dienone is 11. The molecule has 0 aromatic rings. The van der Waals surface area contributed by atoms with Crippen LogP contribution < -0.4 is 10.2 Å². The summed E-state index contributed by atoms with van der Waals surface area (Å²) in [5, 5.41) is 3.04. The van der Waals surface area contributed by atoms with Crippen LogP contribution in [-0.2, 0) is 27.9 Å². The van der Waals surface area contributed by atoms with Gasteiger partial charge in [-0.15, -0.1) is 0 Å². The quantitative estimate of drug-likeness (QED) is 0.0212. The number of phosphoric ester groups is 1. The average Bonchev–Trinajstić information content (AvgIpc) is 3.41. The summed E-state index contributed by atoms with van der Waals surface area (Å²) in [4.78, 5) is 40.1. The lowest BCUT2D eigenvalue weighted by Crippen LogP contribution is -2.47. The fourth-order valence-corrected chi connectivity index (χ4v) is 10.3. The molecule has 0 rings (SSSR count). The van der Waals surface area contributed by atoms with Crippen LogP contribution in [0.5, 0.6) is 0 Å². The number of nitrogens with zero attached hydrogens (tertiary/aromatic N) is 1. The number of nitrogens with one attached hydrogen (secondary N) is 1. The number of amides is 1. The van der Waals surface area contributed by atoms with Crippen LogP contribution in [0.25, 0.3) is 0 Å². The van der Waals surface area contributed by atoms with Crippen molar-refractivity contribution in [1.29, 1.82) is 0 Å². The van der Waals surface area contributed by atoms with Gasteiger partial charge in [-0.3, -0.25) is 14.2 Å². The van der Waals surface area contributed by atoms with E-state index in [2.05, 4.69) is 86.8 Å². The number of unbranched alkanes of at least 4 members (excludes halogenated alkanes) is 34. The molecule has 0 aromatic carbocycles. The molecular weight excluding hydrogens is 1000 g/mol. The maximum Gasteiger partial charge on any atom is 0.306 e. The van der Waals surface area contributed by atoms with Crippen molar-refractivity contribution in [3.8, 4) is 0 Å². The molecule has 3 unspecified atom stereocenters. The SMILES string of the molecule is CC/C=C\C/C=C\C/C=C\C/C=C\C/C=C\CCCCCCCCCCCC(=O)NC(COP(=O)([O-])OCC[N+](C)(C)C)C(/C=C\CCCCCCCCCCCCC)OC(=O)CCCCCCCCCCCCCCCCC. The van der Waals surface area contributed by atoms with Crippen LogP contribution in [0.15, 0.2) is 72.9 Å². The van der Waals surface area contributed by atoms with Gasteiger partial charge in [-0.1, -0.05) is 287 Å². The van der Waals surface area contributed by atoms with Crippen molar-refractivity contribution >= 4 is 19.7 Å². The van der Waals surface area contributed by atoms with Crippen molar-refractivity contribution in [2.45, 2.75) is 315 Å². The molecule has 79 heavy (non-hydrogen) atoms. The highest BCUT2D eigenvalue weighted by Gasteiger charge is 2.27. The van der Waals surface area contributed by atoms with E-state index in [0.29, 0.717) is 17.4 Å². The van der Waals surface area contributed by atoms with Crippen LogP contribution in [0.2, 0.25) is 0 Å². The molecule has 9 nitrogen and oxygen atoms in total. The zero-order chi connectivity index (χ0) is 57.9. The Morgan fingerprint density at radius 2 is 0.810 bits per heavy atom. The Bertz CT molecular complexity index is 1580. The van der Waals surface area contributed by atoms with Crippen molar-refractivity contribution < 1.29 is 37.3 Å². The third kappa shape index (κ3) is 59.9. The molecular formula is C69H127N2O7P. The molecule has 0 fully saturated rings. The molecule has 3 atom stereocenters. The number of rotatable bonds is 60. The van der Waals surface area contributed by atoms with E-state index in [1.165, 1.54) is 167 Å². The highest BCUT2D eigenvalue weighted by molar-refractivity contribution is 7.45. The first-order valence-electron chi connectivity index (χ1n) is 33.2. The molecule has 0 radical (unpaired) electrons. The molecule has 1 amide bonds. The maximum atomic E-state index is 13.6. The van der Waals surface area contributed by atoms with Gasteiger partial charge < -0.3 is 28.5 Å². The van der Waals surface area contributed by atoms with Crippen molar-refractivity contribution in [3.05, 3.63) is 72.9 Å². The summed E-state index contributed by atoms with van der Waals surface area (Å²) in [6.07, 6.45) is 75.8. The van der Waals surface area contributed by atoms with Crippen molar-refractivity contribution in [2.75, 3.05) is 40.9 Å². The predicted octanol–water partition coefficient (Wildman–Crippen LogP) is 20.2. The Kier molecular flexibility index (Phi) is 56.7. The second kappa shape index (κ2) is 58.6. The molecule has 0 aromatic heterocycles. The van der Waals surface area contributed by atoms with E-state index in [-0.39, 0.29) is 31.5 Å². The van der Waals surface area contributed by atoms with Crippen molar-refractivity contribution in [2.24, 2.45) is 0 Å². The smallest absolute Gasteiger partial charge is 0.306 e. The molecule has 460 valence electrons. The minimum absolute atomic E-state index is 0.0242. The Labute approximate surface area is 489 Å². The number of phosphoric acid groups is 1. The van der Waals surface area contributed by atoms with Gasteiger partial charge in [0.25, 0.3) is 7.82 Å². The lowest BCUT2D eigenvalue weighted by molar-refractivity contribution is -0.870. The summed E-state index contributed by atoms with van der Waals surface area (Å²) in [6, 6.07) is -0.892. The number of ether oxygens (including phenoxy) is 1. The van der Waals surface area contributed by atoms with E-state index in [9.17, 15) is 19.0 Å². The average molecular weight is 1130 g/mol. The maximum absolute atomic E-state index is 13.6. The second-order valence-electron chi connectivity index (χ2n) is 23.6. The molecule has 0 spiro atoms. The number of carbonyl (C=O) groups excluding carboxylic acids is 2. The van der Waals surface area contributed by atoms with Gasteiger partial charge in [0.2, 0.25) is 5.91 Å². The van der Waals surface area contributed by atoms with Crippen molar-refractivity contribution in [3.63, 3.8) is 0 Å². The zero-order valence-corrected chi connectivity index (χ0v) is 53.5. The molecule has 0 aliphatic rings. The van der Waals surface area contributed by atoms with Crippen molar-refractivity contribution in [1.82, 2.24) is 5.32 Å². The van der Waals surface area contributed by atoms with Gasteiger partial charge in [-0.2, -0.15) is 0 Å². The second-order valence-corrected chi connectivity index (χ2v) is 25.0. The largest absolute Gasteiger partial charge is 0.756 e. The topological polar surface area (TPSA) is 114 Å². The van der Waals surface area contributed by atoms with Crippen LogP contribution in [-0.4, -0.2) is 69.4 Å². The summed E-state index contributed by atoms with van der Waals surface area (Å²) < 4.78 is 30.4. The monoisotopic (exact) mass is 1130 g/mol. The number of hydrogen-bond donors (Lipinski definition) is 1. The minimum Gasteiger partial charge on any atom is -0.756 e. The van der Waals surface area contributed by atoms with Crippen LogP contribution in [0.1, 0.15) is 303 Å². The Hall–Kier alpha value is -2.55. The van der Waals surface area contributed by atoms with Crippen LogP contribution in [0.3, 0.4) is 0 Å². The van der Waals surface area contributed by atoms with E-state index < -0.39 is 20.0 Å². The van der Waals surface area contributed by atoms with E-state index >= 15 is 0 Å². The lowest BCUT2D eigenvalue weighted by Gasteiger charge is -2.30. The lowest BCUT2D eigenvalue weighted by atomic mass is 10.0. The molecule has 1 N–H and O–H groups in total. The van der Waals surface area contributed by atoms with Gasteiger partial charge in [0.15, 0.2) is 0 Å². The zero-order valence-electron chi connectivity index (χ0n) is 52.6. The van der Waals surface area contributed by atoms with Gasteiger partial charge in [0.05, 0.1) is 33.8 Å². The van der Waals surface area contributed by atoms with Gasteiger partial charge in [0.1, 0.15) is 19.3 Å². The summed E-state index contributed by atoms with van der Waals surface area (Å²) in [5.74, 6) is -0.539. The fraction of sp³-hybridized carbons (Fsp3) is 0.797. The summed E-state index contributed by atoms with van der Waals surface area (Å²) in [5.41, 5.74) is 0. The highest BCUT2D eigenvalue weighted by Crippen LogP contribution is 2.38. The Morgan fingerprint density at radius 3 is 1.22 bits per heavy atom. The molecule has 0 saturated heterocycles. The highest BCUT2D eigenvalue weighted by atomic mass is 31.2. The summed E-state index contributed by atoms with van der Waals surface area (Å²) >= 11 is 0. The summed E-state index contributed by atoms with van der Waals surface area (Å²) in [6.45, 7) is 6.75. The molecule has 0 aliphatic carbocycles. The van der Waals surface area contributed by atoms with Crippen LogP contribution in [0, 0.1) is 0 Å². The predicted molar refractivity (Wildman–Crippen MR) is 339 cm³/mol. The van der Waals surface area contributed by atoms with E-state index in [0.717, 1.165) is 103 Å². The standard InChI is InChI=1S/C69H127N2O7P/c1-7-10-13-16-19-22-25-28-30-31-32-33-34-35-36-37-38-39-41-43-46-49-52-55-58-61-68(72)70-66(65-77-79(74,75)76-64-63-71(4,5)6)67(60-57-54-51-48-45-42-27-24-21-18-15-12-9-3)78-69(73)62-59-56-53-50-47-44-40-29-26-23-20-17-14-11-8-2/h10,13,19,22,28,30,32-33,35-36,57,60,66-67H,7-9,11-12,14-18,20-21,23-27,29,31,34,37-56,58-59,61-65H2,1-6H3,(H-,70,72,74,75)/b13-10-,22-19-,30-28-,33-32-,36-35-,60-57-. The van der Waals surface area contributed by atoms with Gasteiger partial charge >= 0.3 is 5.97 Å². The number of likely N-dealkylation sites (N-methyl/N-ethyl adjacent to an activating group) is 1.